The van der Waals surface area contributed by atoms with Crippen LogP contribution in [0.5, 0.6) is 0 Å². The minimum Gasteiger partial charge on any atom is -0.397 e. The van der Waals surface area contributed by atoms with Crippen LogP contribution in [-0.2, 0) is 6.54 Å². The molecule has 6 nitrogen and oxygen atoms in total. The van der Waals surface area contributed by atoms with Crippen LogP contribution >= 0.6 is 15.9 Å². The summed E-state index contributed by atoms with van der Waals surface area (Å²) < 4.78 is 2.29. The van der Waals surface area contributed by atoms with Crippen molar-refractivity contribution in [3.63, 3.8) is 0 Å². The molecule has 3 N–H and O–H groups in total. The summed E-state index contributed by atoms with van der Waals surface area (Å²) in [7, 11) is 0. The van der Waals surface area contributed by atoms with E-state index in [1.54, 1.807) is 16.8 Å². The van der Waals surface area contributed by atoms with Crippen LogP contribution in [0.4, 0.5) is 11.5 Å². The van der Waals surface area contributed by atoms with Gasteiger partial charge >= 0.3 is 0 Å². The minimum atomic E-state index is -0.250. The average Bonchev–Trinajstić information content (AvgIpc) is 2.74. The molecule has 2 aromatic rings. The molecule has 0 unspecified atom stereocenters. The summed E-state index contributed by atoms with van der Waals surface area (Å²) >= 11 is 3.31. The van der Waals surface area contributed by atoms with E-state index in [0.29, 0.717) is 28.2 Å². The van der Waals surface area contributed by atoms with Gasteiger partial charge in [0.2, 0.25) is 0 Å². The van der Waals surface area contributed by atoms with Gasteiger partial charge in [0.1, 0.15) is 11.5 Å². The Labute approximate surface area is 119 Å². The van der Waals surface area contributed by atoms with Gasteiger partial charge in [-0.2, -0.15) is 5.10 Å². The fourth-order valence-electron chi connectivity index (χ4n) is 1.69. The first kappa shape index (κ1) is 13.5. The van der Waals surface area contributed by atoms with E-state index in [4.69, 9.17) is 5.73 Å². The Bertz CT molecular complexity index is 623. The number of anilines is 2. The molecule has 0 radical (unpaired) electrons. The topological polar surface area (TPSA) is 85.8 Å². The van der Waals surface area contributed by atoms with Gasteiger partial charge in [0.15, 0.2) is 0 Å². The van der Waals surface area contributed by atoms with Crippen molar-refractivity contribution in [3.8, 4) is 0 Å². The summed E-state index contributed by atoms with van der Waals surface area (Å²) in [5.74, 6) is 0.182. The first-order chi connectivity index (χ1) is 9.01. The van der Waals surface area contributed by atoms with Crippen molar-refractivity contribution in [1.82, 2.24) is 14.8 Å². The smallest absolute Gasteiger partial charge is 0.275 e. The summed E-state index contributed by atoms with van der Waals surface area (Å²) in [6, 6.07) is 3.43. The maximum Gasteiger partial charge on any atom is 0.275 e. The number of nitrogens with two attached hydrogens (primary N) is 1. The quantitative estimate of drug-likeness (QED) is 0.906. The second-order valence-corrected chi connectivity index (χ2v) is 4.89. The number of carbonyl (C=O) groups is 1. The van der Waals surface area contributed by atoms with Gasteiger partial charge in [-0.05, 0) is 41.9 Å². The third-order valence-electron chi connectivity index (χ3n) is 2.53. The zero-order valence-electron chi connectivity index (χ0n) is 10.6. The highest BCUT2D eigenvalue weighted by Crippen LogP contribution is 2.22. The van der Waals surface area contributed by atoms with Crippen LogP contribution in [0.15, 0.2) is 22.8 Å². The summed E-state index contributed by atoms with van der Waals surface area (Å²) in [6.45, 7) is 4.41. The van der Waals surface area contributed by atoms with Gasteiger partial charge < -0.3 is 11.1 Å². The maximum absolute atomic E-state index is 12.2. The SMILES string of the molecule is CCn1nc(C)cc1C(=O)Nc1ncc(N)cc1Br. The Balaban J connectivity index is 2.25. The lowest BCUT2D eigenvalue weighted by Gasteiger charge is -2.07. The van der Waals surface area contributed by atoms with Crippen LogP contribution in [-0.4, -0.2) is 20.7 Å². The van der Waals surface area contributed by atoms with E-state index in [-0.39, 0.29) is 5.91 Å². The van der Waals surface area contributed by atoms with Crippen LogP contribution in [0.3, 0.4) is 0 Å². The van der Waals surface area contributed by atoms with Crippen molar-refractivity contribution in [2.45, 2.75) is 20.4 Å². The molecule has 2 heterocycles. The van der Waals surface area contributed by atoms with Crippen molar-refractivity contribution in [3.05, 3.63) is 34.2 Å². The number of nitrogen functional groups attached to an aromatic ring is 1. The van der Waals surface area contributed by atoms with Gasteiger partial charge in [-0.25, -0.2) is 4.98 Å². The lowest BCUT2D eigenvalue weighted by Crippen LogP contribution is -2.18. The molecule has 0 spiro atoms. The summed E-state index contributed by atoms with van der Waals surface area (Å²) in [4.78, 5) is 16.3. The fraction of sp³-hybridized carbons (Fsp3) is 0.250. The lowest BCUT2D eigenvalue weighted by molar-refractivity contribution is 0.101. The standard InChI is InChI=1S/C12H14BrN5O/c1-3-18-10(4-7(2)17-18)12(19)16-11-9(13)5-8(14)6-15-11/h4-6H,3,14H2,1-2H3,(H,15,16,19). The number of aryl methyl sites for hydroxylation is 2. The van der Waals surface area contributed by atoms with E-state index in [1.807, 2.05) is 13.8 Å². The van der Waals surface area contributed by atoms with Crippen LogP contribution in [0.25, 0.3) is 0 Å². The molecule has 2 aromatic heterocycles. The molecule has 0 aliphatic heterocycles. The number of amides is 1. The molecule has 0 saturated heterocycles. The molecule has 2 rings (SSSR count). The highest BCUT2D eigenvalue weighted by molar-refractivity contribution is 9.10. The van der Waals surface area contributed by atoms with Crippen LogP contribution in [0, 0.1) is 6.92 Å². The number of hydrogen-bond donors (Lipinski definition) is 2. The number of aromatic nitrogens is 3. The van der Waals surface area contributed by atoms with Crippen molar-refractivity contribution in [1.29, 1.82) is 0 Å². The maximum atomic E-state index is 12.2. The van der Waals surface area contributed by atoms with Gasteiger partial charge in [-0.15, -0.1) is 0 Å². The van der Waals surface area contributed by atoms with Gasteiger partial charge in [0.25, 0.3) is 5.91 Å². The first-order valence-electron chi connectivity index (χ1n) is 5.78. The molecule has 0 aliphatic carbocycles. The first-order valence-corrected chi connectivity index (χ1v) is 6.57. The molecule has 0 aliphatic rings. The number of hydrogen-bond acceptors (Lipinski definition) is 4. The Morgan fingerprint density at radius 2 is 2.26 bits per heavy atom. The van der Waals surface area contributed by atoms with Crippen LogP contribution in [0.2, 0.25) is 0 Å². The van der Waals surface area contributed by atoms with E-state index in [1.165, 1.54) is 6.20 Å². The average molecular weight is 324 g/mol. The largest absolute Gasteiger partial charge is 0.397 e. The fourth-order valence-corrected chi connectivity index (χ4v) is 2.15. The number of nitrogens with zero attached hydrogens (tertiary/aromatic N) is 3. The van der Waals surface area contributed by atoms with Crippen molar-refractivity contribution >= 4 is 33.3 Å². The molecule has 7 heteroatoms. The number of rotatable bonds is 3. The lowest BCUT2D eigenvalue weighted by atomic mass is 10.3. The Morgan fingerprint density at radius 1 is 1.53 bits per heavy atom. The van der Waals surface area contributed by atoms with Crippen molar-refractivity contribution in [2.75, 3.05) is 11.1 Å². The number of carbonyl (C=O) groups excluding carboxylic acids is 1. The van der Waals surface area contributed by atoms with E-state index in [2.05, 4.69) is 31.3 Å². The zero-order valence-corrected chi connectivity index (χ0v) is 12.2. The Hall–Kier alpha value is -1.89. The molecular weight excluding hydrogens is 310 g/mol. The summed E-state index contributed by atoms with van der Waals surface area (Å²) in [6.07, 6.45) is 1.49. The third kappa shape index (κ3) is 2.93. The summed E-state index contributed by atoms with van der Waals surface area (Å²) in [5, 5.41) is 6.96. The molecule has 0 saturated carbocycles. The predicted octanol–water partition coefficient (Wildman–Crippen LogP) is 2.20. The van der Waals surface area contributed by atoms with Crippen molar-refractivity contribution < 1.29 is 4.79 Å². The second-order valence-electron chi connectivity index (χ2n) is 4.04. The highest BCUT2D eigenvalue weighted by atomic mass is 79.9. The molecule has 0 bridgehead atoms. The molecule has 1 amide bonds. The molecule has 0 aromatic carbocycles. The van der Waals surface area contributed by atoms with Gasteiger partial charge in [-0.1, -0.05) is 0 Å². The van der Waals surface area contributed by atoms with Gasteiger partial charge in [-0.3, -0.25) is 9.48 Å². The van der Waals surface area contributed by atoms with Crippen LogP contribution in [0.1, 0.15) is 23.1 Å². The number of nitrogens with one attached hydrogen (secondary N) is 1. The zero-order chi connectivity index (χ0) is 14.0. The molecule has 19 heavy (non-hydrogen) atoms. The van der Waals surface area contributed by atoms with Crippen molar-refractivity contribution in [2.24, 2.45) is 0 Å². The monoisotopic (exact) mass is 323 g/mol. The second kappa shape index (κ2) is 5.40. The molecular formula is C12H14BrN5O. The Morgan fingerprint density at radius 3 is 2.89 bits per heavy atom. The number of halogens is 1. The number of pyridine rings is 1. The van der Waals surface area contributed by atoms with E-state index in [0.717, 1.165) is 5.69 Å². The molecule has 100 valence electrons. The minimum absolute atomic E-state index is 0.250. The normalized spacial score (nSPS) is 10.5. The van der Waals surface area contributed by atoms with Crippen LogP contribution < -0.4 is 11.1 Å². The van der Waals surface area contributed by atoms with E-state index >= 15 is 0 Å². The van der Waals surface area contributed by atoms with E-state index < -0.39 is 0 Å². The molecule has 0 fully saturated rings. The predicted molar refractivity (Wildman–Crippen MR) is 76.9 cm³/mol. The van der Waals surface area contributed by atoms with E-state index in [9.17, 15) is 4.79 Å². The molecule has 0 atom stereocenters. The van der Waals surface area contributed by atoms with Gasteiger partial charge in [0, 0.05) is 6.54 Å². The third-order valence-corrected chi connectivity index (χ3v) is 3.13. The summed E-state index contributed by atoms with van der Waals surface area (Å²) in [5.41, 5.74) is 7.43. The Kier molecular flexibility index (Phi) is 3.84. The highest BCUT2D eigenvalue weighted by Gasteiger charge is 2.15. The van der Waals surface area contributed by atoms with Gasteiger partial charge in [0.05, 0.1) is 22.1 Å².